The molecule has 1 unspecified atom stereocenters. The molecule has 0 saturated carbocycles. The van der Waals surface area contributed by atoms with Crippen LogP contribution in [-0.4, -0.2) is 43.6 Å². The Kier molecular flexibility index (Phi) is 5.05. The summed E-state index contributed by atoms with van der Waals surface area (Å²) < 4.78 is 7.69. The van der Waals surface area contributed by atoms with Crippen molar-refractivity contribution < 1.29 is 9.53 Å². The molecule has 0 N–H and O–H groups in total. The van der Waals surface area contributed by atoms with E-state index < -0.39 is 0 Å². The van der Waals surface area contributed by atoms with Crippen LogP contribution < -0.4 is 4.74 Å². The number of hydrogen-bond acceptors (Lipinski definition) is 5. The number of hydrogen-bond donors (Lipinski definition) is 0. The van der Waals surface area contributed by atoms with Crippen LogP contribution in [-0.2, 0) is 7.05 Å². The van der Waals surface area contributed by atoms with E-state index in [1.807, 2.05) is 63.1 Å². The second-order valence-corrected chi connectivity index (χ2v) is 7.61. The number of aromatic nitrogens is 4. The zero-order valence-corrected chi connectivity index (χ0v) is 17.2. The summed E-state index contributed by atoms with van der Waals surface area (Å²) in [6.07, 6.45) is 2.61. The molecule has 7 heteroatoms. The molecule has 1 fully saturated rings. The van der Waals surface area contributed by atoms with Crippen LogP contribution in [0, 0.1) is 20.8 Å². The molecule has 3 aromatic rings. The number of rotatable bonds is 4. The molecule has 0 bridgehead atoms. The summed E-state index contributed by atoms with van der Waals surface area (Å²) in [5.41, 5.74) is 3.31. The van der Waals surface area contributed by atoms with E-state index in [1.165, 1.54) is 0 Å². The highest BCUT2D eigenvalue weighted by molar-refractivity contribution is 5.95. The number of carbonyl (C=O) groups excluding carboxylic acids is 1. The highest BCUT2D eigenvalue weighted by Gasteiger charge is 2.31. The fourth-order valence-corrected chi connectivity index (χ4v) is 3.72. The third-order valence-electron chi connectivity index (χ3n) is 5.24. The van der Waals surface area contributed by atoms with E-state index in [0.29, 0.717) is 24.5 Å². The lowest BCUT2D eigenvalue weighted by atomic mass is 10.1. The van der Waals surface area contributed by atoms with Crippen molar-refractivity contribution >= 4 is 5.91 Å². The van der Waals surface area contributed by atoms with Gasteiger partial charge >= 0.3 is 0 Å². The van der Waals surface area contributed by atoms with Gasteiger partial charge in [-0.3, -0.25) is 9.48 Å². The van der Waals surface area contributed by atoms with Crippen LogP contribution in [0.15, 0.2) is 36.5 Å². The lowest BCUT2D eigenvalue weighted by Crippen LogP contribution is -2.29. The third kappa shape index (κ3) is 3.99. The number of carbonyl (C=O) groups is 1. The largest absolute Gasteiger partial charge is 0.439 e. The molecule has 1 aliphatic heterocycles. The summed E-state index contributed by atoms with van der Waals surface area (Å²) in [7, 11) is 1.83. The molecular weight excluding hydrogens is 366 g/mol. The predicted octanol–water partition coefficient (Wildman–Crippen LogP) is 3.56. The number of ether oxygens (including phenoxy) is 1. The molecule has 7 nitrogen and oxygen atoms in total. The molecule has 150 valence electrons. The maximum Gasteiger partial charge on any atom is 0.257 e. The van der Waals surface area contributed by atoms with Gasteiger partial charge in [0.25, 0.3) is 5.91 Å². The number of nitrogens with zero attached hydrogens (tertiary/aromatic N) is 5. The summed E-state index contributed by atoms with van der Waals surface area (Å²) in [6.45, 7) is 7.08. The smallest absolute Gasteiger partial charge is 0.257 e. The van der Waals surface area contributed by atoms with E-state index >= 15 is 0 Å². The van der Waals surface area contributed by atoms with Gasteiger partial charge in [-0.05, 0) is 38.8 Å². The molecule has 1 amide bonds. The van der Waals surface area contributed by atoms with Crippen molar-refractivity contribution in [1.29, 1.82) is 0 Å². The van der Waals surface area contributed by atoms with Crippen LogP contribution >= 0.6 is 0 Å². The molecule has 1 aliphatic rings. The molecule has 3 heterocycles. The van der Waals surface area contributed by atoms with Gasteiger partial charge in [-0.2, -0.15) is 10.1 Å². The Morgan fingerprint density at radius 1 is 1.17 bits per heavy atom. The predicted molar refractivity (Wildman–Crippen MR) is 109 cm³/mol. The molecular formula is C22H25N5O2. The third-order valence-corrected chi connectivity index (χ3v) is 5.24. The number of likely N-dealkylation sites (tertiary alicyclic amines) is 1. The van der Waals surface area contributed by atoms with Crippen molar-refractivity contribution in [3.63, 3.8) is 0 Å². The highest BCUT2D eigenvalue weighted by atomic mass is 16.5. The fourth-order valence-electron chi connectivity index (χ4n) is 3.72. The van der Waals surface area contributed by atoms with Crippen molar-refractivity contribution in [2.75, 3.05) is 13.1 Å². The highest BCUT2D eigenvalue weighted by Crippen LogP contribution is 2.29. The van der Waals surface area contributed by atoms with Crippen molar-refractivity contribution in [3.8, 4) is 11.6 Å². The molecule has 0 radical (unpaired) electrons. The van der Waals surface area contributed by atoms with Crippen molar-refractivity contribution in [2.45, 2.75) is 33.1 Å². The lowest BCUT2D eigenvalue weighted by molar-refractivity contribution is 0.0789. The first-order chi connectivity index (χ1) is 13.9. The molecule has 29 heavy (non-hydrogen) atoms. The molecule has 4 rings (SSSR count). The van der Waals surface area contributed by atoms with Gasteiger partial charge in [0.05, 0.1) is 11.3 Å². The van der Waals surface area contributed by atoms with E-state index in [4.69, 9.17) is 4.74 Å². The second kappa shape index (κ2) is 7.66. The normalized spacial score (nSPS) is 16.3. The number of benzene rings is 1. The van der Waals surface area contributed by atoms with E-state index in [2.05, 4.69) is 15.1 Å². The van der Waals surface area contributed by atoms with Crippen LogP contribution in [0.5, 0.6) is 11.6 Å². The molecule has 1 aromatic carbocycles. The SMILES string of the molecule is Cc1cc(Oc2ccccc2C)nc(C2CCN(C(=O)c3cn(C)nc3C)C2)n1. The summed E-state index contributed by atoms with van der Waals surface area (Å²) in [4.78, 5) is 24.0. The molecule has 1 atom stereocenters. The minimum Gasteiger partial charge on any atom is -0.439 e. The Bertz CT molecular complexity index is 1060. The Balaban J connectivity index is 1.52. The first-order valence-corrected chi connectivity index (χ1v) is 9.79. The zero-order valence-electron chi connectivity index (χ0n) is 17.2. The minimum atomic E-state index is 0.0159. The van der Waals surface area contributed by atoms with Gasteiger partial charge in [-0.25, -0.2) is 4.98 Å². The van der Waals surface area contributed by atoms with E-state index in [1.54, 1.807) is 10.9 Å². The lowest BCUT2D eigenvalue weighted by Gasteiger charge is -2.16. The molecule has 2 aromatic heterocycles. The number of aryl methyl sites for hydroxylation is 4. The summed E-state index contributed by atoms with van der Waals surface area (Å²) in [5, 5.41) is 4.28. The van der Waals surface area contributed by atoms with E-state index in [0.717, 1.165) is 34.9 Å². The minimum absolute atomic E-state index is 0.0159. The average molecular weight is 391 g/mol. The van der Waals surface area contributed by atoms with E-state index in [-0.39, 0.29) is 11.8 Å². The number of para-hydroxylation sites is 1. The zero-order chi connectivity index (χ0) is 20.5. The molecule has 0 spiro atoms. The van der Waals surface area contributed by atoms with Crippen LogP contribution in [0.4, 0.5) is 0 Å². The maximum absolute atomic E-state index is 12.9. The molecule has 1 saturated heterocycles. The molecule has 0 aliphatic carbocycles. The number of amides is 1. The van der Waals surface area contributed by atoms with Gasteiger partial charge in [0.2, 0.25) is 5.88 Å². The Hall–Kier alpha value is -3.22. The van der Waals surface area contributed by atoms with Crippen molar-refractivity contribution in [3.05, 3.63) is 64.9 Å². The van der Waals surface area contributed by atoms with Gasteiger partial charge in [0, 0.05) is 44.0 Å². The van der Waals surface area contributed by atoms with Crippen LogP contribution in [0.25, 0.3) is 0 Å². The second-order valence-electron chi connectivity index (χ2n) is 7.61. The van der Waals surface area contributed by atoms with Crippen LogP contribution in [0.1, 0.15) is 45.5 Å². The summed E-state index contributed by atoms with van der Waals surface area (Å²) in [6, 6.07) is 9.70. The quantitative estimate of drug-likeness (QED) is 0.680. The monoisotopic (exact) mass is 391 g/mol. The van der Waals surface area contributed by atoms with Crippen molar-refractivity contribution in [2.24, 2.45) is 7.05 Å². The van der Waals surface area contributed by atoms with Crippen LogP contribution in [0.3, 0.4) is 0 Å². The first-order valence-electron chi connectivity index (χ1n) is 9.79. The van der Waals surface area contributed by atoms with Gasteiger partial charge in [0.1, 0.15) is 11.6 Å². The van der Waals surface area contributed by atoms with Gasteiger partial charge in [-0.15, -0.1) is 0 Å². The Morgan fingerprint density at radius 2 is 1.97 bits per heavy atom. The van der Waals surface area contributed by atoms with Crippen molar-refractivity contribution in [1.82, 2.24) is 24.6 Å². The fraction of sp³-hybridized carbons (Fsp3) is 0.364. The Morgan fingerprint density at radius 3 is 2.69 bits per heavy atom. The van der Waals surface area contributed by atoms with E-state index in [9.17, 15) is 4.79 Å². The summed E-state index contributed by atoms with van der Waals surface area (Å²) >= 11 is 0. The van der Waals surface area contributed by atoms with Gasteiger partial charge in [-0.1, -0.05) is 18.2 Å². The topological polar surface area (TPSA) is 73.1 Å². The van der Waals surface area contributed by atoms with Crippen LogP contribution in [0.2, 0.25) is 0 Å². The van der Waals surface area contributed by atoms with Gasteiger partial charge < -0.3 is 9.64 Å². The van der Waals surface area contributed by atoms with Gasteiger partial charge in [0.15, 0.2) is 0 Å². The summed E-state index contributed by atoms with van der Waals surface area (Å²) in [5.74, 6) is 2.16. The first kappa shape index (κ1) is 19.1. The standard InChI is InChI=1S/C22H25N5O2/c1-14-7-5-6-8-19(14)29-20-11-15(2)23-21(24-20)17-9-10-27(12-17)22(28)18-13-26(4)25-16(18)3/h5-8,11,13,17H,9-10,12H2,1-4H3. The maximum atomic E-state index is 12.9. The Labute approximate surface area is 170 Å². The average Bonchev–Trinajstić information content (AvgIpc) is 3.29.